The van der Waals surface area contributed by atoms with Crippen LogP contribution in [0.2, 0.25) is 0 Å². The molecule has 1 amide bonds. The Morgan fingerprint density at radius 2 is 2.15 bits per heavy atom. The van der Waals surface area contributed by atoms with Crippen molar-refractivity contribution in [1.82, 2.24) is 14.5 Å². The number of hydrogen-bond acceptors (Lipinski definition) is 4. The molecule has 0 radical (unpaired) electrons. The number of nitrogens with zero attached hydrogens (tertiary/aromatic N) is 3. The molecule has 0 bridgehead atoms. The molecule has 2 fully saturated rings. The third kappa shape index (κ3) is 2.44. The molecule has 2 heterocycles. The highest BCUT2D eigenvalue weighted by Crippen LogP contribution is 2.45. The van der Waals surface area contributed by atoms with Crippen molar-refractivity contribution in [2.45, 2.75) is 30.6 Å². The Balaban J connectivity index is 1.90. The molecule has 1 saturated heterocycles. The predicted octanol–water partition coefficient (Wildman–Crippen LogP) is 1.04. The summed E-state index contributed by atoms with van der Waals surface area (Å²) in [5.74, 6) is 1.03. The molecule has 2 atom stereocenters. The Kier molecular flexibility index (Phi) is 3.29. The van der Waals surface area contributed by atoms with Gasteiger partial charge in [0.05, 0.1) is 6.04 Å². The van der Waals surface area contributed by atoms with E-state index in [4.69, 9.17) is 10.7 Å². The molecule has 1 aromatic heterocycles. The standard InChI is InChI=1S/C12H16ClN3O3S/c1-15-5-4-14-12(15)11(8-2-3-8)16-7-9(6-10(16)17)20(13,18)19/h4-5,8-9,11H,2-3,6-7H2,1H3. The molecule has 0 N–H and O–H groups in total. The van der Waals surface area contributed by atoms with E-state index in [1.54, 1.807) is 11.1 Å². The van der Waals surface area contributed by atoms with Gasteiger partial charge in [0, 0.05) is 43.1 Å². The summed E-state index contributed by atoms with van der Waals surface area (Å²) in [6.07, 6.45) is 5.58. The molecule has 8 heteroatoms. The maximum atomic E-state index is 12.2. The Labute approximate surface area is 122 Å². The van der Waals surface area contributed by atoms with Gasteiger partial charge in [-0.3, -0.25) is 4.79 Å². The van der Waals surface area contributed by atoms with Gasteiger partial charge >= 0.3 is 0 Å². The van der Waals surface area contributed by atoms with Crippen molar-refractivity contribution in [3.63, 3.8) is 0 Å². The van der Waals surface area contributed by atoms with Crippen LogP contribution in [-0.2, 0) is 20.9 Å². The zero-order valence-corrected chi connectivity index (χ0v) is 12.6. The first-order valence-corrected chi connectivity index (χ1v) is 8.95. The summed E-state index contributed by atoms with van der Waals surface area (Å²) in [5.41, 5.74) is 0. The second kappa shape index (κ2) is 4.73. The van der Waals surface area contributed by atoms with Crippen molar-refractivity contribution in [2.24, 2.45) is 13.0 Å². The molecule has 110 valence electrons. The highest BCUT2D eigenvalue weighted by atomic mass is 35.7. The molecule has 1 aliphatic carbocycles. The fraction of sp³-hybridized carbons (Fsp3) is 0.667. The molecule has 2 unspecified atom stereocenters. The van der Waals surface area contributed by atoms with Gasteiger partial charge in [0.1, 0.15) is 11.1 Å². The average Bonchev–Trinajstić information content (AvgIpc) is 2.98. The van der Waals surface area contributed by atoms with Gasteiger partial charge in [0.2, 0.25) is 15.0 Å². The first kappa shape index (κ1) is 13.9. The number of rotatable bonds is 4. The number of imidazole rings is 1. The van der Waals surface area contributed by atoms with Crippen LogP contribution in [-0.4, -0.2) is 40.6 Å². The fourth-order valence-electron chi connectivity index (χ4n) is 2.83. The average molecular weight is 318 g/mol. The Morgan fingerprint density at radius 1 is 1.45 bits per heavy atom. The summed E-state index contributed by atoms with van der Waals surface area (Å²) in [4.78, 5) is 18.2. The van der Waals surface area contributed by atoms with Crippen LogP contribution in [0.4, 0.5) is 0 Å². The van der Waals surface area contributed by atoms with Crippen LogP contribution < -0.4 is 0 Å². The second-order valence-electron chi connectivity index (χ2n) is 5.53. The molecule has 1 aromatic rings. The minimum atomic E-state index is -3.70. The largest absolute Gasteiger partial charge is 0.336 e. The van der Waals surface area contributed by atoms with Gasteiger partial charge < -0.3 is 9.47 Å². The predicted molar refractivity (Wildman–Crippen MR) is 73.6 cm³/mol. The quantitative estimate of drug-likeness (QED) is 0.778. The van der Waals surface area contributed by atoms with E-state index in [0.29, 0.717) is 5.92 Å². The van der Waals surface area contributed by atoms with Crippen molar-refractivity contribution >= 4 is 25.6 Å². The molecule has 1 saturated carbocycles. The summed E-state index contributed by atoms with van der Waals surface area (Å²) in [6.45, 7) is 0.165. The van der Waals surface area contributed by atoms with E-state index in [-0.39, 0.29) is 24.9 Å². The zero-order chi connectivity index (χ0) is 14.5. The number of hydrogen-bond donors (Lipinski definition) is 0. The molecule has 20 heavy (non-hydrogen) atoms. The molecular weight excluding hydrogens is 302 g/mol. The van der Waals surface area contributed by atoms with E-state index in [0.717, 1.165) is 18.7 Å². The molecule has 0 aromatic carbocycles. The van der Waals surface area contributed by atoms with Gasteiger partial charge in [0.15, 0.2) is 0 Å². The number of carbonyl (C=O) groups is 1. The molecular formula is C12H16ClN3O3S. The molecule has 3 rings (SSSR count). The summed E-state index contributed by atoms with van der Waals surface area (Å²) >= 11 is 0. The second-order valence-corrected chi connectivity index (χ2v) is 8.43. The Bertz CT molecular complexity index is 638. The van der Waals surface area contributed by atoms with Crippen molar-refractivity contribution in [3.8, 4) is 0 Å². The summed E-state index contributed by atoms with van der Waals surface area (Å²) in [6, 6.07) is -0.133. The number of halogens is 1. The number of carbonyl (C=O) groups excluding carboxylic acids is 1. The fourth-order valence-corrected chi connectivity index (χ4v) is 3.87. The molecule has 6 nitrogen and oxygen atoms in total. The van der Waals surface area contributed by atoms with Crippen molar-refractivity contribution in [2.75, 3.05) is 6.54 Å². The van der Waals surface area contributed by atoms with Crippen molar-refractivity contribution in [1.29, 1.82) is 0 Å². The highest BCUT2D eigenvalue weighted by molar-refractivity contribution is 8.14. The minimum absolute atomic E-state index is 0.0283. The lowest BCUT2D eigenvalue weighted by atomic mass is 10.1. The SMILES string of the molecule is Cn1ccnc1C(C1CC1)N1CC(S(=O)(=O)Cl)CC1=O. The summed E-state index contributed by atoms with van der Waals surface area (Å²) in [7, 11) is 3.58. The van der Waals surface area contributed by atoms with E-state index >= 15 is 0 Å². The number of amides is 1. The molecule has 2 aliphatic rings. The van der Waals surface area contributed by atoms with Crippen LogP contribution in [0, 0.1) is 5.92 Å². The Hall–Kier alpha value is -1.08. The lowest BCUT2D eigenvalue weighted by Crippen LogP contribution is -2.34. The van der Waals surface area contributed by atoms with Crippen molar-refractivity contribution < 1.29 is 13.2 Å². The van der Waals surface area contributed by atoms with E-state index in [2.05, 4.69) is 4.98 Å². The van der Waals surface area contributed by atoms with Gasteiger partial charge in [-0.2, -0.15) is 0 Å². The van der Waals surface area contributed by atoms with Crippen LogP contribution in [0.1, 0.15) is 31.1 Å². The number of aromatic nitrogens is 2. The van der Waals surface area contributed by atoms with Crippen molar-refractivity contribution in [3.05, 3.63) is 18.2 Å². The Morgan fingerprint density at radius 3 is 2.60 bits per heavy atom. The lowest BCUT2D eigenvalue weighted by molar-refractivity contribution is -0.130. The zero-order valence-electron chi connectivity index (χ0n) is 11.1. The minimum Gasteiger partial charge on any atom is -0.336 e. The van der Waals surface area contributed by atoms with Gasteiger partial charge in [-0.1, -0.05) is 0 Å². The van der Waals surface area contributed by atoms with Gasteiger partial charge in [-0.25, -0.2) is 13.4 Å². The smallest absolute Gasteiger partial charge is 0.237 e. The van der Waals surface area contributed by atoms with Gasteiger partial charge in [-0.05, 0) is 18.8 Å². The van der Waals surface area contributed by atoms with Crippen LogP contribution in [0.15, 0.2) is 12.4 Å². The van der Waals surface area contributed by atoms with Crippen LogP contribution >= 0.6 is 10.7 Å². The third-order valence-corrected chi connectivity index (χ3v) is 5.92. The maximum Gasteiger partial charge on any atom is 0.237 e. The topological polar surface area (TPSA) is 72.3 Å². The van der Waals surface area contributed by atoms with Crippen LogP contribution in [0.5, 0.6) is 0 Å². The van der Waals surface area contributed by atoms with Gasteiger partial charge in [0.25, 0.3) is 0 Å². The molecule has 0 spiro atoms. The maximum absolute atomic E-state index is 12.2. The van der Waals surface area contributed by atoms with E-state index in [1.165, 1.54) is 0 Å². The number of likely N-dealkylation sites (tertiary alicyclic amines) is 1. The summed E-state index contributed by atoms with van der Waals surface area (Å²) < 4.78 is 24.8. The molecule has 1 aliphatic heterocycles. The first-order valence-electron chi connectivity index (χ1n) is 6.58. The van der Waals surface area contributed by atoms with Crippen LogP contribution in [0.25, 0.3) is 0 Å². The van der Waals surface area contributed by atoms with Gasteiger partial charge in [-0.15, -0.1) is 0 Å². The lowest BCUT2D eigenvalue weighted by Gasteiger charge is -2.27. The van der Waals surface area contributed by atoms with E-state index in [9.17, 15) is 13.2 Å². The monoisotopic (exact) mass is 317 g/mol. The first-order chi connectivity index (χ1) is 9.38. The normalized spacial score (nSPS) is 25.2. The highest BCUT2D eigenvalue weighted by Gasteiger charge is 2.46. The van der Waals surface area contributed by atoms with Crippen LogP contribution in [0.3, 0.4) is 0 Å². The third-order valence-electron chi connectivity index (χ3n) is 4.05. The van der Waals surface area contributed by atoms with E-state index in [1.807, 2.05) is 17.8 Å². The van der Waals surface area contributed by atoms with E-state index < -0.39 is 14.3 Å². The summed E-state index contributed by atoms with van der Waals surface area (Å²) in [5, 5.41) is -0.807. The number of aryl methyl sites for hydroxylation is 1.